The average Bonchev–Trinajstić information content (AvgIpc) is 2.76. The topological polar surface area (TPSA) is 75.4 Å². The number of carbonyl (C=O) groups is 2. The molecule has 118 valence electrons. The fraction of sp³-hybridized carbons (Fsp3) is 0.583. The standard InChI is InChI=1S/C12H16F3N3O3/c1-8(2)18(6-4-11(20)21)10(19)7-17-5-3-9(16-17)12(13,14)15/h3,5,8H,4,6-7H2,1-2H3,(H,20,21). The number of nitrogens with zero attached hydrogens (tertiary/aromatic N) is 3. The lowest BCUT2D eigenvalue weighted by Gasteiger charge is -2.26. The molecule has 1 heterocycles. The minimum Gasteiger partial charge on any atom is -0.481 e. The lowest BCUT2D eigenvalue weighted by molar-refractivity contribution is -0.143. The first-order chi connectivity index (χ1) is 9.61. The van der Waals surface area contributed by atoms with Crippen molar-refractivity contribution in [3.63, 3.8) is 0 Å². The summed E-state index contributed by atoms with van der Waals surface area (Å²) >= 11 is 0. The highest BCUT2D eigenvalue weighted by molar-refractivity contribution is 5.77. The van der Waals surface area contributed by atoms with Crippen LogP contribution >= 0.6 is 0 Å². The van der Waals surface area contributed by atoms with E-state index >= 15 is 0 Å². The molecule has 1 N–H and O–H groups in total. The van der Waals surface area contributed by atoms with Crippen LogP contribution in [0.5, 0.6) is 0 Å². The number of carbonyl (C=O) groups excluding carboxylic acids is 1. The van der Waals surface area contributed by atoms with E-state index in [0.717, 1.165) is 16.9 Å². The van der Waals surface area contributed by atoms with E-state index in [1.807, 2.05) is 0 Å². The van der Waals surface area contributed by atoms with E-state index < -0.39 is 23.7 Å². The molecule has 1 aromatic heterocycles. The molecule has 0 radical (unpaired) electrons. The van der Waals surface area contributed by atoms with Crippen molar-refractivity contribution >= 4 is 11.9 Å². The molecule has 21 heavy (non-hydrogen) atoms. The van der Waals surface area contributed by atoms with Crippen LogP contribution in [0.15, 0.2) is 12.3 Å². The number of alkyl halides is 3. The van der Waals surface area contributed by atoms with Crippen LogP contribution in [0.3, 0.4) is 0 Å². The van der Waals surface area contributed by atoms with Gasteiger partial charge in [-0.2, -0.15) is 18.3 Å². The maximum absolute atomic E-state index is 12.4. The fourth-order valence-corrected chi connectivity index (χ4v) is 1.72. The zero-order valence-corrected chi connectivity index (χ0v) is 11.6. The van der Waals surface area contributed by atoms with Gasteiger partial charge in [-0.1, -0.05) is 0 Å². The van der Waals surface area contributed by atoms with Crippen LogP contribution in [0.4, 0.5) is 13.2 Å². The van der Waals surface area contributed by atoms with Crippen LogP contribution in [-0.2, 0) is 22.3 Å². The van der Waals surface area contributed by atoms with E-state index in [1.165, 1.54) is 4.90 Å². The number of rotatable bonds is 6. The predicted molar refractivity (Wildman–Crippen MR) is 66.3 cm³/mol. The average molecular weight is 307 g/mol. The fourth-order valence-electron chi connectivity index (χ4n) is 1.72. The van der Waals surface area contributed by atoms with Gasteiger partial charge in [0.25, 0.3) is 0 Å². The van der Waals surface area contributed by atoms with Crippen LogP contribution in [0, 0.1) is 0 Å². The van der Waals surface area contributed by atoms with Crippen molar-refractivity contribution in [2.75, 3.05) is 6.54 Å². The van der Waals surface area contributed by atoms with Crippen LogP contribution < -0.4 is 0 Å². The van der Waals surface area contributed by atoms with Gasteiger partial charge < -0.3 is 10.0 Å². The van der Waals surface area contributed by atoms with Crippen LogP contribution in [-0.4, -0.2) is 44.3 Å². The van der Waals surface area contributed by atoms with Gasteiger partial charge in [0.15, 0.2) is 5.69 Å². The highest BCUT2D eigenvalue weighted by Crippen LogP contribution is 2.27. The normalized spacial score (nSPS) is 11.7. The van der Waals surface area contributed by atoms with Crippen LogP contribution in [0.25, 0.3) is 0 Å². The highest BCUT2D eigenvalue weighted by Gasteiger charge is 2.33. The SMILES string of the molecule is CC(C)N(CCC(=O)O)C(=O)Cn1ccc(C(F)(F)F)n1. The Bertz CT molecular complexity index is 511. The Labute approximate surface area is 119 Å². The smallest absolute Gasteiger partial charge is 0.435 e. The van der Waals surface area contributed by atoms with Gasteiger partial charge in [0.1, 0.15) is 6.54 Å². The number of aliphatic carboxylic acids is 1. The molecular weight excluding hydrogens is 291 g/mol. The van der Waals surface area contributed by atoms with Crippen molar-refractivity contribution in [2.45, 2.75) is 39.0 Å². The molecule has 0 saturated heterocycles. The van der Waals surface area contributed by atoms with E-state index in [2.05, 4.69) is 5.10 Å². The summed E-state index contributed by atoms with van der Waals surface area (Å²) in [7, 11) is 0. The van der Waals surface area contributed by atoms with Gasteiger partial charge in [-0.3, -0.25) is 14.3 Å². The van der Waals surface area contributed by atoms with Crippen LogP contribution in [0.2, 0.25) is 0 Å². The third kappa shape index (κ3) is 5.09. The van der Waals surface area contributed by atoms with Gasteiger partial charge in [0.2, 0.25) is 5.91 Å². The highest BCUT2D eigenvalue weighted by atomic mass is 19.4. The van der Waals surface area contributed by atoms with Gasteiger partial charge in [-0.05, 0) is 19.9 Å². The van der Waals surface area contributed by atoms with E-state index in [1.54, 1.807) is 13.8 Å². The molecular formula is C12H16F3N3O3. The molecule has 1 aromatic rings. The Balaban J connectivity index is 2.73. The Hall–Kier alpha value is -2.06. The monoisotopic (exact) mass is 307 g/mol. The number of carboxylic acids is 1. The van der Waals surface area contributed by atoms with Crippen molar-refractivity contribution in [2.24, 2.45) is 0 Å². The maximum Gasteiger partial charge on any atom is 0.435 e. The molecule has 0 aliphatic heterocycles. The number of hydrogen-bond donors (Lipinski definition) is 1. The summed E-state index contributed by atoms with van der Waals surface area (Å²) in [6.07, 6.45) is -3.72. The molecule has 0 aliphatic carbocycles. The summed E-state index contributed by atoms with van der Waals surface area (Å²) in [6, 6.07) is 0.527. The van der Waals surface area contributed by atoms with Crippen molar-refractivity contribution in [1.29, 1.82) is 0 Å². The number of aromatic nitrogens is 2. The molecule has 1 rings (SSSR count). The summed E-state index contributed by atoms with van der Waals surface area (Å²) in [5, 5.41) is 11.9. The molecule has 6 nitrogen and oxygen atoms in total. The zero-order chi connectivity index (χ0) is 16.2. The third-order valence-electron chi connectivity index (χ3n) is 2.74. The number of carboxylic acid groups (broad SMARTS) is 1. The first-order valence-electron chi connectivity index (χ1n) is 6.23. The zero-order valence-electron chi connectivity index (χ0n) is 11.6. The van der Waals surface area contributed by atoms with Gasteiger partial charge in [-0.25, -0.2) is 0 Å². The number of amides is 1. The number of hydrogen-bond acceptors (Lipinski definition) is 3. The molecule has 0 atom stereocenters. The summed E-state index contributed by atoms with van der Waals surface area (Å²) in [4.78, 5) is 23.9. The second kappa shape index (κ2) is 6.59. The van der Waals surface area contributed by atoms with Gasteiger partial charge in [0, 0.05) is 18.8 Å². The van der Waals surface area contributed by atoms with Gasteiger partial charge in [0.05, 0.1) is 6.42 Å². The van der Waals surface area contributed by atoms with Crippen LogP contribution in [0.1, 0.15) is 26.0 Å². The van der Waals surface area contributed by atoms with E-state index in [-0.39, 0.29) is 25.6 Å². The molecule has 1 amide bonds. The van der Waals surface area contributed by atoms with Crippen molar-refractivity contribution in [1.82, 2.24) is 14.7 Å². The lowest BCUT2D eigenvalue weighted by atomic mass is 10.2. The molecule has 0 spiro atoms. The Kier molecular flexibility index (Phi) is 5.34. The minimum absolute atomic E-state index is 0.000764. The Morgan fingerprint density at radius 2 is 2.05 bits per heavy atom. The molecule has 0 aromatic carbocycles. The summed E-state index contributed by atoms with van der Waals surface area (Å²) in [6.45, 7) is 3.03. The second-order valence-electron chi connectivity index (χ2n) is 4.72. The largest absolute Gasteiger partial charge is 0.481 e. The first kappa shape index (κ1) is 17.0. The molecule has 9 heteroatoms. The second-order valence-corrected chi connectivity index (χ2v) is 4.72. The third-order valence-corrected chi connectivity index (χ3v) is 2.74. The Morgan fingerprint density at radius 3 is 2.48 bits per heavy atom. The molecule has 0 aliphatic rings. The molecule has 0 saturated carbocycles. The van der Waals surface area contributed by atoms with Crippen molar-refractivity contribution < 1.29 is 27.9 Å². The van der Waals surface area contributed by atoms with Crippen molar-refractivity contribution in [3.8, 4) is 0 Å². The maximum atomic E-state index is 12.4. The van der Waals surface area contributed by atoms with Gasteiger partial charge in [-0.15, -0.1) is 0 Å². The summed E-state index contributed by atoms with van der Waals surface area (Å²) in [5.74, 6) is -1.53. The van der Waals surface area contributed by atoms with E-state index in [0.29, 0.717) is 0 Å². The summed E-state index contributed by atoms with van der Waals surface area (Å²) in [5.41, 5.74) is -1.07. The van der Waals surface area contributed by atoms with E-state index in [4.69, 9.17) is 5.11 Å². The predicted octanol–water partition coefficient (Wildman–Crippen LogP) is 1.61. The Morgan fingerprint density at radius 1 is 1.43 bits per heavy atom. The van der Waals surface area contributed by atoms with E-state index in [9.17, 15) is 22.8 Å². The molecule has 0 fully saturated rings. The quantitative estimate of drug-likeness (QED) is 0.866. The summed E-state index contributed by atoms with van der Waals surface area (Å²) < 4.78 is 38.1. The number of halogens is 3. The minimum atomic E-state index is -4.56. The first-order valence-corrected chi connectivity index (χ1v) is 6.23. The van der Waals surface area contributed by atoms with Gasteiger partial charge >= 0.3 is 12.1 Å². The van der Waals surface area contributed by atoms with Crippen molar-refractivity contribution in [3.05, 3.63) is 18.0 Å². The molecule has 0 bridgehead atoms. The molecule has 0 unspecified atom stereocenters. The lowest BCUT2D eigenvalue weighted by Crippen LogP contribution is -2.40.